The predicted octanol–water partition coefficient (Wildman–Crippen LogP) is 6.56. The average molecular weight is 531 g/mol. The van der Waals surface area contributed by atoms with Crippen molar-refractivity contribution < 1.29 is 32.2 Å². The summed E-state index contributed by atoms with van der Waals surface area (Å²) in [6.45, 7) is 0. The van der Waals surface area contributed by atoms with Gasteiger partial charge in [0.15, 0.2) is 0 Å². The number of carbonyl (C=O) groups excluding carboxylic acids is 2. The van der Waals surface area contributed by atoms with Crippen molar-refractivity contribution in [3.63, 3.8) is 0 Å². The first-order valence-electron chi connectivity index (χ1n) is 11.6. The summed E-state index contributed by atoms with van der Waals surface area (Å²) in [6, 6.07) is 19.3. The van der Waals surface area contributed by atoms with Gasteiger partial charge >= 0.3 is 6.18 Å². The maximum Gasteiger partial charge on any atom is 0.416 e. The van der Waals surface area contributed by atoms with Crippen molar-refractivity contribution in [2.75, 3.05) is 12.4 Å². The second-order valence-electron chi connectivity index (χ2n) is 8.57. The van der Waals surface area contributed by atoms with E-state index >= 15 is 0 Å². The third kappa shape index (κ3) is 5.17. The number of pyridine rings is 1. The Balaban J connectivity index is 1.45. The minimum absolute atomic E-state index is 0.0308. The SMILES string of the molecule is COc1cc2nccc(Oc3ccc4c(C(=O)Nc5cccc(C(F)(F)F)c5)cccc4c3)c2cc1C(N)=O. The molecule has 1 heterocycles. The zero-order chi connectivity index (χ0) is 27.7. The number of primary amides is 1. The number of hydrogen-bond donors (Lipinski definition) is 2. The molecule has 0 aliphatic carbocycles. The van der Waals surface area contributed by atoms with E-state index in [0.717, 1.165) is 12.1 Å². The molecular formula is C29H20F3N3O4. The van der Waals surface area contributed by atoms with Crippen molar-refractivity contribution in [2.24, 2.45) is 5.73 Å². The van der Waals surface area contributed by atoms with E-state index in [-0.39, 0.29) is 16.8 Å². The Morgan fingerprint density at radius 3 is 2.41 bits per heavy atom. The molecule has 0 spiro atoms. The molecular weight excluding hydrogens is 511 g/mol. The highest BCUT2D eigenvalue weighted by atomic mass is 19.4. The van der Waals surface area contributed by atoms with Crippen LogP contribution in [-0.4, -0.2) is 23.9 Å². The molecule has 0 aliphatic rings. The maximum absolute atomic E-state index is 13.1. The third-order valence-electron chi connectivity index (χ3n) is 6.06. The molecule has 10 heteroatoms. The first-order chi connectivity index (χ1) is 18.6. The fraction of sp³-hybridized carbons (Fsp3) is 0.0690. The van der Waals surface area contributed by atoms with Gasteiger partial charge in [-0.15, -0.1) is 0 Å². The van der Waals surface area contributed by atoms with E-state index in [2.05, 4.69) is 10.3 Å². The van der Waals surface area contributed by atoms with E-state index in [1.54, 1.807) is 60.8 Å². The number of rotatable bonds is 6. The van der Waals surface area contributed by atoms with Crippen molar-refractivity contribution in [3.05, 3.63) is 102 Å². The second kappa shape index (κ2) is 9.97. The highest BCUT2D eigenvalue weighted by molar-refractivity contribution is 6.13. The van der Waals surface area contributed by atoms with Crippen LogP contribution in [0.4, 0.5) is 18.9 Å². The van der Waals surface area contributed by atoms with Crippen LogP contribution in [0.5, 0.6) is 17.2 Å². The normalized spacial score (nSPS) is 11.4. The molecule has 5 aromatic rings. The Kier molecular flexibility index (Phi) is 6.53. The standard InChI is InChI=1S/C29H20F3N3O4/c1-38-26-15-24-22(14-23(26)27(33)36)25(10-11-34-24)39-19-8-9-20-16(12-19)4-2-7-21(20)28(37)35-18-6-3-5-17(13-18)29(30,31)32/h2-15H,1H3,(H2,33,36)(H,35,37). The lowest BCUT2D eigenvalue weighted by Gasteiger charge is -2.13. The zero-order valence-corrected chi connectivity index (χ0v) is 20.4. The zero-order valence-electron chi connectivity index (χ0n) is 20.4. The van der Waals surface area contributed by atoms with Crippen molar-refractivity contribution in [2.45, 2.75) is 6.18 Å². The molecule has 0 radical (unpaired) electrons. The molecule has 1 aromatic heterocycles. The molecule has 5 rings (SSSR count). The lowest BCUT2D eigenvalue weighted by molar-refractivity contribution is -0.137. The maximum atomic E-state index is 13.1. The molecule has 7 nitrogen and oxygen atoms in total. The number of hydrogen-bond acceptors (Lipinski definition) is 5. The molecule has 196 valence electrons. The number of halogens is 3. The van der Waals surface area contributed by atoms with Gasteiger partial charge in [-0.3, -0.25) is 14.6 Å². The Hall–Kier alpha value is -5.12. The average Bonchev–Trinajstić information content (AvgIpc) is 2.91. The highest BCUT2D eigenvalue weighted by Gasteiger charge is 2.30. The van der Waals surface area contributed by atoms with Crippen molar-refractivity contribution in [1.82, 2.24) is 4.98 Å². The van der Waals surface area contributed by atoms with E-state index in [4.69, 9.17) is 15.2 Å². The smallest absolute Gasteiger partial charge is 0.416 e. The van der Waals surface area contributed by atoms with Crippen molar-refractivity contribution >= 4 is 39.2 Å². The van der Waals surface area contributed by atoms with Gasteiger partial charge in [-0.2, -0.15) is 13.2 Å². The summed E-state index contributed by atoms with van der Waals surface area (Å²) in [5.74, 6) is -0.0574. The molecule has 0 atom stereocenters. The minimum Gasteiger partial charge on any atom is -0.496 e. The first kappa shape index (κ1) is 25.5. The Bertz CT molecular complexity index is 1750. The van der Waals surface area contributed by atoms with E-state index in [1.807, 2.05) is 0 Å². The largest absolute Gasteiger partial charge is 0.496 e. The van der Waals surface area contributed by atoms with Gasteiger partial charge in [-0.1, -0.05) is 18.2 Å². The van der Waals surface area contributed by atoms with Gasteiger partial charge < -0.3 is 20.5 Å². The van der Waals surface area contributed by atoms with Crippen LogP contribution in [0.25, 0.3) is 21.7 Å². The number of nitrogens with two attached hydrogens (primary N) is 1. The number of methoxy groups -OCH3 is 1. The molecule has 0 saturated heterocycles. The molecule has 3 N–H and O–H groups in total. The van der Waals surface area contributed by atoms with Crippen LogP contribution in [0.2, 0.25) is 0 Å². The second-order valence-corrected chi connectivity index (χ2v) is 8.57. The number of amides is 2. The summed E-state index contributed by atoms with van der Waals surface area (Å²) in [7, 11) is 1.43. The molecule has 39 heavy (non-hydrogen) atoms. The molecule has 0 fully saturated rings. The molecule has 0 unspecified atom stereocenters. The number of anilines is 1. The van der Waals surface area contributed by atoms with E-state index in [0.29, 0.717) is 38.9 Å². The van der Waals surface area contributed by atoms with Gasteiger partial charge in [0.05, 0.1) is 23.8 Å². The third-order valence-corrected chi connectivity index (χ3v) is 6.06. The summed E-state index contributed by atoms with van der Waals surface area (Å²) >= 11 is 0. The Morgan fingerprint density at radius 2 is 1.67 bits per heavy atom. The van der Waals surface area contributed by atoms with Gasteiger partial charge in [0, 0.05) is 28.9 Å². The summed E-state index contributed by atoms with van der Waals surface area (Å²) in [5, 5.41) is 4.33. The van der Waals surface area contributed by atoms with Gasteiger partial charge in [-0.05, 0) is 65.4 Å². The van der Waals surface area contributed by atoms with Crippen molar-refractivity contribution in [3.8, 4) is 17.2 Å². The lowest BCUT2D eigenvalue weighted by atomic mass is 10.0. The predicted molar refractivity (Wildman–Crippen MR) is 140 cm³/mol. The van der Waals surface area contributed by atoms with Crippen LogP contribution in [0.1, 0.15) is 26.3 Å². The number of ether oxygens (including phenoxy) is 2. The molecule has 0 aliphatic heterocycles. The topological polar surface area (TPSA) is 104 Å². The van der Waals surface area contributed by atoms with Crippen LogP contribution in [0.15, 0.2) is 85.1 Å². The summed E-state index contributed by atoms with van der Waals surface area (Å²) in [6.07, 6.45) is -2.97. The fourth-order valence-electron chi connectivity index (χ4n) is 4.22. The number of nitrogens with one attached hydrogen (secondary N) is 1. The molecule has 2 amide bonds. The van der Waals surface area contributed by atoms with Gasteiger partial charge in [0.2, 0.25) is 0 Å². The summed E-state index contributed by atoms with van der Waals surface area (Å²) in [5.41, 5.74) is 5.66. The quantitative estimate of drug-likeness (QED) is 0.258. The van der Waals surface area contributed by atoms with Crippen LogP contribution in [0.3, 0.4) is 0 Å². The number of benzene rings is 4. The number of aromatic nitrogens is 1. The Labute approximate surface area is 220 Å². The molecule has 0 bridgehead atoms. The van der Waals surface area contributed by atoms with E-state index in [1.165, 1.54) is 19.2 Å². The van der Waals surface area contributed by atoms with Crippen molar-refractivity contribution in [1.29, 1.82) is 0 Å². The Morgan fingerprint density at radius 1 is 0.872 bits per heavy atom. The number of nitrogens with zero attached hydrogens (tertiary/aromatic N) is 1. The number of carbonyl (C=O) groups is 2. The van der Waals surface area contributed by atoms with Crippen LogP contribution in [-0.2, 0) is 6.18 Å². The van der Waals surface area contributed by atoms with Crippen LogP contribution < -0.4 is 20.5 Å². The van der Waals surface area contributed by atoms with E-state index < -0.39 is 23.6 Å². The van der Waals surface area contributed by atoms with Gasteiger partial charge in [-0.25, -0.2) is 0 Å². The van der Waals surface area contributed by atoms with Gasteiger partial charge in [0.1, 0.15) is 17.2 Å². The van der Waals surface area contributed by atoms with Gasteiger partial charge in [0.25, 0.3) is 11.8 Å². The van der Waals surface area contributed by atoms with Crippen LogP contribution in [0, 0.1) is 0 Å². The molecule has 4 aromatic carbocycles. The summed E-state index contributed by atoms with van der Waals surface area (Å²) in [4.78, 5) is 29.2. The molecule has 0 saturated carbocycles. The fourth-order valence-corrected chi connectivity index (χ4v) is 4.22. The number of alkyl halides is 3. The first-order valence-corrected chi connectivity index (χ1v) is 11.6. The number of fused-ring (bicyclic) bond motifs is 2. The summed E-state index contributed by atoms with van der Waals surface area (Å²) < 4.78 is 50.5. The highest BCUT2D eigenvalue weighted by Crippen LogP contribution is 2.35. The lowest BCUT2D eigenvalue weighted by Crippen LogP contribution is -2.13. The monoisotopic (exact) mass is 531 g/mol. The van der Waals surface area contributed by atoms with E-state index in [9.17, 15) is 22.8 Å². The van der Waals surface area contributed by atoms with Crippen LogP contribution >= 0.6 is 0 Å². The minimum atomic E-state index is -4.52.